The second kappa shape index (κ2) is 6.70. The number of carbonyl (C=O) groups is 1. The summed E-state index contributed by atoms with van der Waals surface area (Å²) >= 11 is 0. The molecule has 114 valence electrons. The van der Waals surface area contributed by atoms with Crippen LogP contribution < -0.4 is 10.6 Å². The van der Waals surface area contributed by atoms with Crippen molar-refractivity contribution in [2.24, 2.45) is 0 Å². The largest absolute Gasteiger partial charge is 0.339 e. The molecule has 0 radical (unpaired) electrons. The number of para-hydroxylation sites is 2. The average Bonchev–Trinajstić information content (AvgIpc) is 2.58. The van der Waals surface area contributed by atoms with Crippen LogP contribution in [0, 0.1) is 6.92 Å². The maximum absolute atomic E-state index is 12.1. The second-order valence-electron chi connectivity index (χ2n) is 5.06. The molecule has 5 heteroatoms. The normalized spacial score (nSPS) is 10.1. The van der Waals surface area contributed by atoms with Gasteiger partial charge in [0, 0.05) is 11.4 Å². The van der Waals surface area contributed by atoms with Crippen LogP contribution in [0.25, 0.3) is 0 Å². The van der Waals surface area contributed by atoms with Crippen LogP contribution in [0.5, 0.6) is 0 Å². The van der Waals surface area contributed by atoms with Crippen LogP contribution in [0.1, 0.15) is 16.1 Å². The SMILES string of the molecule is Cc1ccccc1Nc1ccc(C(=O)Nc2ccccc2)nn1. The van der Waals surface area contributed by atoms with E-state index in [0.29, 0.717) is 5.82 Å². The predicted molar refractivity (Wildman–Crippen MR) is 90.9 cm³/mol. The lowest BCUT2D eigenvalue weighted by atomic mass is 10.2. The number of amides is 1. The fraction of sp³-hybridized carbons (Fsp3) is 0.0556. The molecule has 0 aliphatic heterocycles. The zero-order chi connectivity index (χ0) is 16.1. The van der Waals surface area contributed by atoms with Gasteiger partial charge in [0.05, 0.1) is 0 Å². The summed E-state index contributed by atoms with van der Waals surface area (Å²) < 4.78 is 0. The molecule has 0 spiro atoms. The van der Waals surface area contributed by atoms with Crippen LogP contribution in [0.15, 0.2) is 66.7 Å². The number of aromatic nitrogens is 2. The van der Waals surface area contributed by atoms with Crippen molar-refractivity contribution in [1.29, 1.82) is 0 Å². The Bertz CT molecular complexity index is 801. The number of nitrogens with zero attached hydrogens (tertiary/aromatic N) is 2. The molecule has 1 aromatic heterocycles. The summed E-state index contributed by atoms with van der Waals surface area (Å²) in [6, 6.07) is 20.5. The zero-order valence-corrected chi connectivity index (χ0v) is 12.7. The lowest BCUT2D eigenvalue weighted by Gasteiger charge is -2.08. The molecule has 0 unspecified atom stereocenters. The van der Waals surface area contributed by atoms with E-state index in [2.05, 4.69) is 20.8 Å². The zero-order valence-electron chi connectivity index (χ0n) is 12.7. The number of benzene rings is 2. The van der Waals surface area contributed by atoms with E-state index in [1.807, 2.05) is 61.5 Å². The number of nitrogens with one attached hydrogen (secondary N) is 2. The Labute approximate surface area is 134 Å². The molecule has 0 fully saturated rings. The Kier molecular flexibility index (Phi) is 4.29. The van der Waals surface area contributed by atoms with Crippen LogP contribution in [0.2, 0.25) is 0 Å². The molecule has 2 N–H and O–H groups in total. The molecule has 2 aromatic carbocycles. The summed E-state index contributed by atoms with van der Waals surface area (Å²) in [7, 11) is 0. The van der Waals surface area contributed by atoms with Crippen LogP contribution in [-0.4, -0.2) is 16.1 Å². The number of aryl methyl sites for hydroxylation is 1. The van der Waals surface area contributed by atoms with E-state index >= 15 is 0 Å². The van der Waals surface area contributed by atoms with Crippen molar-refractivity contribution in [3.05, 3.63) is 78.0 Å². The van der Waals surface area contributed by atoms with Crippen molar-refractivity contribution in [2.75, 3.05) is 10.6 Å². The molecule has 1 heterocycles. The van der Waals surface area contributed by atoms with Crippen LogP contribution in [0.4, 0.5) is 17.2 Å². The van der Waals surface area contributed by atoms with Gasteiger partial charge >= 0.3 is 0 Å². The van der Waals surface area contributed by atoms with Crippen LogP contribution in [-0.2, 0) is 0 Å². The van der Waals surface area contributed by atoms with E-state index in [1.165, 1.54) is 0 Å². The van der Waals surface area contributed by atoms with E-state index in [1.54, 1.807) is 12.1 Å². The Morgan fingerprint density at radius 2 is 1.61 bits per heavy atom. The summed E-state index contributed by atoms with van der Waals surface area (Å²) in [5, 5.41) is 14.0. The fourth-order valence-electron chi connectivity index (χ4n) is 2.09. The lowest BCUT2D eigenvalue weighted by Crippen LogP contribution is -2.14. The van der Waals surface area contributed by atoms with E-state index in [0.717, 1.165) is 16.9 Å². The number of carbonyl (C=O) groups excluding carboxylic acids is 1. The first kappa shape index (κ1) is 14.7. The monoisotopic (exact) mass is 304 g/mol. The molecule has 0 aliphatic rings. The molecule has 0 saturated heterocycles. The summed E-state index contributed by atoms with van der Waals surface area (Å²) in [5.74, 6) is 0.307. The lowest BCUT2D eigenvalue weighted by molar-refractivity contribution is 0.102. The predicted octanol–water partition coefficient (Wildman–Crippen LogP) is 3.78. The van der Waals surface area contributed by atoms with Gasteiger partial charge < -0.3 is 10.6 Å². The first-order valence-electron chi connectivity index (χ1n) is 7.25. The molecular weight excluding hydrogens is 288 g/mol. The molecule has 0 bridgehead atoms. The molecule has 0 atom stereocenters. The smallest absolute Gasteiger partial charge is 0.276 e. The standard InChI is InChI=1S/C18H16N4O/c1-13-7-5-6-10-15(13)20-17-12-11-16(21-22-17)18(23)19-14-8-3-2-4-9-14/h2-12H,1H3,(H,19,23)(H,20,22). The van der Waals surface area contributed by atoms with Crippen molar-refractivity contribution in [3.63, 3.8) is 0 Å². The average molecular weight is 304 g/mol. The summed E-state index contributed by atoms with van der Waals surface area (Å²) in [6.07, 6.45) is 0. The van der Waals surface area contributed by atoms with Crippen LogP contribution >= 0.6 is 0 Å². The van der Waals surface area contributed by atoms with Gasteiger partial charge in [-0.15, -0.1) is 10.2 Å². The van der Waals surface area contributed by atoms with Crippen LogP contribution in [0.3, 0.4) is 0 Å². The Balaban J connectivity index is 1.69. The minimum absolute atomic E-state index is 0.268. The van der Waals surface area contributed by atoms with Gasteiger partial charge in [-0.2, -0.15) is 0 Å². The summed E-state index contributed by atoms with van der Waals surface area (Å²) in [4.78, 5) is 12.1. The molecule has 5 nitrogen and oxygen atoms in total. The minimum Gasteiger partial charge on any atom is -0.339 e. The highest BCUT2D eigenvalue weighted by atomic mass is 16.1. The highest BCUT2D eigenvalue weighted by Crippen LogP contribution is 2.18. The molecule has 0 saturated carbocycles. The third-order valence-corrected chi connectivity index (χ3v) is 3.34. The second-order valence-corrected chi connectivity index (χ2v) is 5.06. The molecule has 1 amide bonds. The topological polar surface area (TPSA) is 66.9 Å². The maximum Gasteiger partial charge on any atom is 0.276 e. The fourth-order valence-corrected chi connectivity index (χ4v) is 2.09. The van der Waals surface area contributed by atoms with Crippen molar-refractivity contribution in [1.82, 2.24) is 10.2 Å². The van der Waals surface area contributed by atoms with E-state index < -0.39 is 0 Å². The molecule has 23 heavy (non-hydrogen) atoms. The third-order valence-electron chi connectivity index (χ3n) is 3.34. The van der Waals surface area contributed by atoms with Gasteiger partial charge in [-0.05, 0) is 42.8 Å². The van der Waals surface area contributed by atoms with Gasteiger partial charge in [0.15, 0.2) is 11.5 Å². The van der Waals surface area contributed by atoms with E-state index in [9.17, 15) is 4.79 Å². The first-order chi connectivity index (χ1) is 11.2. The number of rotatable bonds is 4. The van der Waals surface area contributed by atoms with Gasteiger partial charge in [0.25, 0.3) is 5.91 Å². The van der Waals surface area contributed by atoms with Crippen molar-refractivity contribution in [3.8, 4) is 0 Å². The molecule has 3 aromatic rings. The highest BCUT2D eigenvalue weighted by Gasteiger charge is 2.08. The summed E-state index contributed by atoms with van der Waals surface area (Å²) in [5.41, 5.74) is 3.06. The Hall–Kier alpha value is -3.21. The van der Waals surface area contributed by atoms with Crippen molar-refractivity contribution >= 4 is 23.1 Å². The van der Waals surface area contributed by atoms with E-state index in [-0.39, 0.29) is 11.6 Å². The molecule has 0 aliphatic carbocycles. The third kappa shape index (κ3) is 3.71. The van der Waals surface area contributed by atoms with Crippen molar-refractivity contribution in [2.45, 2.75) is 6.92 Å². The van der Waals surface area contributed by atoms with Gasteiger partial charge in [-0.1, -0.05) is 36.4 Å². The first-order valence-corrected chi connectivity index (χ1v) is 7.25. The molecule has 3 rings (SSSR count). The van der Waals surface area contributed by atoms with Gasteiger partial charge in [0.1, 0.15) is 0 Å². The van der Waals surface area contributed by atoms with Gasteiger partial charge in [-0.25, -0.2) is 0 Å². The van der Waals surface area contributed by atoms with Gasteiger partial charge in [0.2, 0.25) is 0 Å². The highest BCUT2D eigenvalue weighted by molar-refractivity contribution is 6.02. The van der Waals surface area contributed by atoms with Crippen molar-refractivity contribution < 1.29 is 4.79 Å². The number of hydrogen-bond acceptors (Lipinski definition) is 4. The molecular formula is C18H16N4O. The van der Waals surface area contributed by atoms with Gasteiger partial charge in [-0.3, -0.25) is 4.79 Å². The maximum atomic E-state index is 12.1. The number of hydrogen-bond donors (Lipinski definition) is 2. The Morgan fingerprint density at radius 3 is 2.30 bits per heavy atom. The van der Waals surface area contributed by atoms with E-state index in [4.69, 9.17) is 0 Å². The number of anilines is 3. The minimum atomic E-state index is -0.286. The summed E-state index contributed by atoms with van der Waals surface area (Å²) in [6.45, 7) is 2.01. The Morgan fingerprint density at radius 1 is 0.870 bits per heavy atom. The quantitative estimate of drug-likeness (QED) is 0.769.